The number of aromatic nitrogens is 1. The monoisotopic (exact) mass is 419 g/mol. The Kier molecular flexibility index (Phi) is 7.65. The number of benzene rings is 2. The van der Waals surface area contributed by atoms with E-state index in [1.807, 2.05) is 61.5 Å². The molecule has 2 aromatic carbocycles. The van der Waals surface area contributed by atoms with Crippen LogP contribution in [0.25, 0.3) is 11.3 Å². The maximum absolute atomic E-state index is 11.2. The number of methoxy groups -OCH3 is 1. The van der Waals surface area contributed by atoms with Crippen molar-refractivity contribution in [2.75, 3.05) is 7.11 Å². The van der Waals surface area contributed by atoms with Crippen molar-refractivity contribution in [1.82, 2.24) is 4.98 Å². The topological polar surface area (TPSA) is 57.7 Å². The lowest BCUT2D eigenvalue weighted by atomic mass is 10.1. The number of esters is 1. The van der Waals surface area contributed by atoms with Gasteiger partial charge in [0.2, 0.25) is 0 Å². The number of aryl methyl sites for hydroxylation is 1. The molecule has 31 heavy (non-hydrogen) atoms. The van der Waals surface area contributed by atoms with E-state index < -0.39 is 0 Å². The van der Waals surface area contributed by atoms with E-state index in [-0.39, 0.29) is 12.1 Å². The Hall–Kier alpha value is -3.34. The lowest BCUT2D eigenvalue weighted by molar-refractivity contribution is -0.131. The molecule has 0 aliphatic rings. The van der Waals surface area contributed by atoms with Crippen molar-refractivity contribution in [3.8, 4) is 28.5 Å². The fourth-order valence-corrected chi connectivity index (χ4v) is 3.34. The maximum atomic E-state index is 11.2. The molecule has 0 aliphatic heterocycles. The second-order valence-electron chi connectivity index (χ2n) is 7.45. The average molecular weight is 420 g/mol. The summed E-state index contributed by atoms with van der Waals surface area (Å²) in [5, 5.41) is 0. The fraction of sp³-hybridized carbons (Fsp3) is 0.308. The van der Waals surface area contributed by atoms with Crippen LogP contribution in [0.1, 0.15) is 50.5 Å². The zero-order chi connectivity index (χ0) is 22.2. The zero-order valence-electron chi connectivity index (χ0n) is 18.6. The Morgan fingerprint density at radius 3 is 2.42 bits per heavy atom. The minimum absolute atomic E-state index is 0.169. The molecule has 1 aromatic heterocycles. The molecule has 0 amide bonds. The first kappa shape index (κ1) is 22.3. The number of rotatable bonds is 9. The highest BCUT2D eigenvalue weighted by Crippen LogP contribution is 2.30. The molecule has 3 aromatic rings. The third kappa shape index (κ3) is 6.07. The number of hydrogen-bond acceptors (Lipinski definition) is 5. The molecule has 3 rings (SSSR count). The van der Waals surface area contributed by atoms with Gasteiger partial charge in [0.25, 0.3) is 0 Å². The fourth-order valence-electron chi connectivity index (χ4n) is 3.34. The third-order valence-corrected chi connectivity index (χ3v) is 4.98. The normalized spacial score (nSPS) is 11.6. The van der Waals surface area contributed by atoms with E-state index in [0.717, 1.165) is 53.3 Å². The molecule has 5 heteroatoms. The van der Waals surface area contributed by atoms with Gasteiger partial charge >= 0.3 is 5.97 Å². The predicted octanol–water partition coefficient (Wildman–Crippen LogP) is 6.30. The molecule has 162 valence electrons. The van der Waals surface area contributed by atoms with Gasteiger partial charge in [-0.3, -0.25) is 4.79 Å². The lowest BCUT2D eigenvalue weighted by Crippen LogP contribution is -2.10. The first-order valence-electron chi connectivity index (χ1n) is 10.6. The highest BCUT2D eigenvalue weighted by Gasteiger charge is 2.17. The van der Waals surface area contributed by atoms with E-state index in [1.54, 1.807) is 13.2 Å². The van der Waals surface area contributed by atoms with Crippen LogP contribution in [0.5, 0.6) is 17.2 Å². The van der Waals surface area contributed by atoms with E-state index in [0.29, 0.717) is 5.75 Å². The van der Waals surface area contributed by atoms with Gasteiger partial charge in [-0.1, -0.05) is 19.4 Å². The van der Waals surface area contributed by atoms with Gasteiger partial charge < -0.3 is 14.2 Å². The van der Waals surface area contributed by atoms with Crippen LogP contribution in [0, 0.1) is 6.92 Å². The smallest absolute Gasteiger partial charge is 0.308 e. The molecule has 0 aliphatic carbocycles. The van der Waals surface area contributed by atoms with Crippen molar-refractivity contribution in [2.45, 2.75) is 46.1 Å². The SMILES string of the molecule is CCCC[C@H](Oc1ccc(OC(C)=O)c(C)c1)c1cccc(-c2ccc(OC)cc2)n1. The summed E-state index contributed by atoms with van der Waals surface area (Å²) in [6.45, 7) is 5.46. The van der Waals surface area contributed by atoms with Crippen molar-refractivity contribution in [1.29, 1.82) is 0 Å². The van der Waals surface area contributed by atoms with Gasteiger partial charge in [-0.15, -0.1) is 0 Å². The van der Waals surface area contributed by atoms with Crippen LogP contribution in [0.2, 0.25) is 0 Å². The van der Waals surface area contributed by atoms with Gasteiger partial charge in [0, 0.05) is 12.5 Å². The summed E-state index contributed by atoms with van der Waals surface area (Å²) in [6.07, 6.45) is 2.80. The van der Waals surface area contributed by atoms with E-state index in [2.05, 4.69) is 6.92 Å². The van der Waals surface area contributed by atoms with Crippen molar-refractivity contribution < 1.29 is 19.0 Å². The molecule has 0 radical (unpaired) electrons. The Balaban J connectivity index is 1.85. The first-order valence-corrected chi connectivity index (χ1v) is 10.6. The largest absolute Gasteiger partial charge is 0.497 e. The van der Waals surface area contributed by atoms with Crippen LogP contribution in [0.15, 0.2) is 60.7 Å². The van der Waals surface area contributed by atoms with Gasteiger partial charge in [-0.25, -0.2) is 4.98 Å². The van der Waals surface area contributed by atoms with Gasteiger partial charge in [0.15, 0.2) is 0 Å². The number of pyridine rings is 1. The molecule has 0 saturated carbocycles. The quantitative estimate of drug-likeness (QED) is 0.301. The third-order valence-electron chi connectivity index (χ3n) is 4.98. The van der Waals surface area contributed by atoms with Gasteiger partial charge in [-0.2, -0.15) is 0 Å². The van der Waals surface area contributed by atoms with Crippen LogP contribution in [-0.2, 0) is 4.79 Å². The Bertz CT molecular complexity index is 1010. The molecule has 5 nitrogen and oxygen atoms in total. The van der Waals surface area contributed by atoms with E-state index >= 15 is 0 Å². The molecule has 0 fully saturated rings. The van der Waals surface area contributed by atoms with Crippen molar-refractivity contribution in [3.63, 3.8) is 0 Å². The average Bonchev–Trinajstić information content (AvgIpc) is 2.78. The Morgan fingerprint density at radius 2 is 1.77 bits per heavy atom. The van der Waals surface area contributed by atoms with Crippen LogP contribution >= 0.6 is 0 Å². The molecule has 1 heterocycles. The minimum Gasteiger partial charge on any atom is -0.497 e. The molecule has 0 spiro atoms. The van der Waals surface area contributed by atoms with Gasteiger partial charge in [0.1, 0.15) is 23.4 Å². The van der Waals surface area contributed by atoms with Crippen molar-refractivity contribution >= 4 is 5.97 Å². The summed E-state index contributed by atoms with van der Waals surface area (Å²) in [6, 6.07) is 19.4. The number of unbranched alkanes of at least 4 members (excludes halogenated alkanes) is 1. The van der Waals surface area contributed by atoms with E-state index in [9.17, 15) is 4.79 Å². The highest BCUT2D eigenvalue weighted by molar-refractivity contribution is 5.70. The number of ether oxygens (including phenoxy) is 3. The summed E-state index contributed by atoms with van der Waals surface area (Å²) in [5.41, 5.74) is 3.66. The van der Waals surface area contributed by atoms with E-state index in [1.165, 1.54) is 6.92 Å². The second-order valence-corrected chi connectivity index (χ2v) is 7.45. The van der Waals surface area contributed by atoms with Crippen LogP contribution in [0.4, 0.5) is 0 Å². The second kappa shape index (κ2) is 10.6. The molecule has 0 bridgehead atoms. The van der Waals surface area contributed by atoms with Crippen LogP contribution < -0.4 is 14.2 Å². The Morgan fingerprint density at radius 1 is 1.03 bits per heavy atom. The number of nitrogens with zero attached hydrogens (tertiary/aromatic N) is 1. The van der Waals surface area contributed by atoms with Crippen molar-refractivity contribution in [2.24, 2.45) is 0 Å². The number of hydrogen-bond donors (Lipinski definition) is 0. The molecule has 0 unspecified atom stereocenters. The van der Waals surface area contributed by atoms with Crippen molar-refractivity contribution in [3.05, 3.63) is 71.9 Å². The molecule has 0 saturated heterocycles. The molecular formula is C26H29NO4. The summed E-state index contributed by atoms with van der Waals surface area (Å²) < 4.78 is 16.8. The molecular weight excluding hydrogens is 390 g/mol. The summed E-state index contributed by atoms with van der Waals surface area (Å²) in [5.74, 6) is 1.75. The summed E-state index contributed by atoms with van der Waals surface area (Å²) in [4.78, 5) is 16.1. The standard InChI is InChI=1S/C26H29NO4/c1-5-6-10-26(31-22-15-16-25(18(2)17-22)30-19(3)28)24-9-7-8-23(27-24)20-11-13-21(29-4)14-12-20/h7-9,11-17,26H,5-6,10H2,1-4H3/t26-/m0/s1. The van der Waals surface area contributed by atoms with Gasteiger partial charge in [0.05, 0.1) is 18.5 Å². The zero-order valence-corrected chi connectivity index (χ0v) is 18.6. The number of carbonyl (C=O) groups is 1. The maximum Gasteiger partial charge on any atom is 0.308 e. The lowest BCUT2D eigenvalue weighted by Gasteiger charge is -2.20. The Labute approximate surface area is 184 Å². The molecule has 0 N–H and O–H groups in total. The van der Waals surface area contributed by atoms with E-state index in [4.69, 9.17) is 19.2 Å². The van der Waals surface area contributed by atoms with Crippen LogP contribution in [-0.4, -0.2) is 18.1 Å². The highest BCUT2D eigenvalue weighted by atomic mass is 16.5. The minimum atomic E-state index is -0.336. The summed E-state index contributed by atoms with van der Waals surface area (Å²) in [7, 11) is 1.66. The van der Waals surface area contributed by atoms with Crippen LogP contribution in [0.3, 0.4) is 0 Å². The number of carbonyl (C=O) groups excluding carboxylic acids is 1. The first-order chi connectivity index (χ1) is 15.0. The van der Waals surface area contributed by atoms with Gasteiger partial charge in [-0.05, 0) is 79.9 Å². The summed E-state index contributed by atoms with van der Waals surface area (Å²) >= 11 is 0. The molecule has 1 atom stereocenters. The predicted molar refractivity (Wildman–Crippen MR) is 122 cm³/mol.